The topological polar surface area (TPSA) is 69.6 Å². The molecule has 3 rings (SSSR count). The number of rotatable bonds is 2. The minimum Gasteiger partial charge on any atom is -0.465 e. The summed E-state index contributed by atoms with van der Waals surface area (Å²) in [6.07, 6.45) is 5.17. The molecule has 7 heteroatoms. The third-order valence-corrected chi connectivity index (χ3v) is 5.29. The maximum Gasteiger partial charge on any atom is 0.408 e. The standard InChI is InChI=1S/C18H27ClN4O2/c1-18(2,3)23(17(24)25)12-7-6-10-22(11-12)15-13-8-4-5-9-14(13)20-16(19)21-15/h12H,4-11H2,1-3H3,(H,24,25). The van der Waals surface area contributed by atoms with Crippen molar-refractivity contribution < 1.29 is 9.90 Å². The quantitative estimate of drug-likeness (QED) is 0.807. The molecule has 0 spiro atoms. The number of fused-ring (bicyclic) bond motifs is 1. The largest absolute Gasteiger partial charge is 0.465 e. The molecule has 138 valence electrons. The molecule has 1 fully saturated rings. The van der Waals surface area contributed by atoms with Crippen LogP contribution in [0.2, 0.25) is 5.28 Å². The SMILES string of the molecule is CC(C)(C)N(C(=O)O)C1CCCN(c2nc(Cl)nc3c2CCCC3)C1. The van der Waals surface area contributed by atoms with Crippen molar-refractivity contribution in [2.24, 2.45) is 0 Å². The Morgan fingerprint density at radius 3 is 2.64 bits per heavy atom. The number of piperidine rings is 1. The van der Waals surface area contributed by atoms with E-state index >= 15 is 0 Å². The van der Waals surface area contributed by atoms with Crippen molar-refractivity contribution >= 4 is 23.5 Å². The molecule has 2 aliphatic rings. The van der Waals surface area contributed by atoms with E-state index in [0.29, 0.717) is 11.8 Å². The van der Waals surface area contributed by atoms with Gasteiger partial charge in [0.25, 0.3) is 0 Å². The summed E-state index contributed by atoms with van der Waals surface area (Å²) in [6, 6.07) is -0.0424. The number of hydrogen-bond acceptors (Lipinski definition) is 4. The maximum atomic E-state index is 11.8. The number of aryl methyl sites for hydroxylation is 1. The highest BCUT2D eigenvalue weighted by atomic mass is 35.5. The number of halogens is 1. The highest BCUT2D eigenvalue weighted by Crippen LogP contribution is 2.32. The monoisotopic (exact) mass is 366 g/mol. The summed E-state index contributed by atoms with van der Waals surface area (Å²) in [6.45, 7) is 7.38. The molecule has 1 atom stereocenters. The molecular formula is C18H27ClN4O2. The van der Waals surface area contributed by atoms with Gasteiger partial charge in [-0.25, -0.2) is 14.8 Å². The molecule has 0 saturated carbocycles. The zero-order valence-corrected chi connectivity index (χ0v) is 16.0. The van der Waals surface area contributed by atoms with Gasteiger partial charge in [-0.3, -0.25) is 4.90 Å². The second-order valence-corrected chi connectivity index (χ2v) is 8.35. The molecule has 0 bridgehead atoms. The van der Waals surface area contributed by atoms with E-state index in [1.54, 1.807) is 4.90 Å². The summed E-state index contributed by atoms with van der Waals surface area (Å²) in [4.78, 5) is 24.6. The smallest absolute Gasteiger partial charge is 0.408 e. The molecule has 1 unspecified atom stereocenters. The first-order valence-corrected chi connectivity index (χ1v) is 9.47. The molecule has 0 aromatic carbocycles. The lowest BCUT2D eigenvalue weighted by atomic mass is 9.94. The number of carboxylic acid groups (broad SMARTS) is 1. The van der Waals surface area contributed by atoms with Crippen LogP contribution in [0.1, 0.15) is 57.7 Å². The van der Waals surface area contributed by atoms with Gasteiger partial charge in [-0.05, 0) is 70.9 Å². The number of aromatic nitrogens is 2. The highest BCUT2D eigenvalue weighted by molar-refractivity contribution is 6.28. The first-order valence-electron chi connectivity index (χ1n) is 9.10. The van der Waals surface area contributed by atoms with Crippen molar-refractivity contribution in [3.05, 3.63) is 16.5 Å². The van der Waals surface area contributed by atoms with Crippen LogP contribution in [0.15, 0.2) is 0 Å². The number of carbonyl (C=O) groups is 1. The van der Waals surface area contributed by atoms with Gasteiger partial charge >= 0.3 is 6.09 Å². The van der Waals surface area contributed by atoms with Crippen LogP contribution in [-0.4, -0.2) is 50.7 Å². The fourth-order valence-electron chi connectivity index (χ4n) is 4.16. The van der Waals surface area contributed by atoms with Crippen molar-refractivity contribution in [2.75, 3.05) is 18.0 Å². The molecule has 1 aromatic heterocycles. The molecule has 1 aliphatic carbocycles. The van der Waals surface area contributed by atoms with Crippen LogP contribution in [0.3, 0.4) is 0 Å². The minimum absolute atomic E-state index is 0.0424. The average molecular weight is 367 g/mol. The Morgan fingerprint density at radius 2 is 1.96 bits per heavy atom. The lowest BCUT2D eigenvalue weighted by Gasteiger charge is -2.44. The third-order valence-electron chi connectivity index (χ3n) is 5.12. The Hall–Kier alpha value is -1.56. The molecule has 6 nitrogen and oxygen atoms in total. The fraction of sp³-hybridized carbons (Fsp3) is 0.722. The van der Waals surface area contributed by atoms with E-state index in [1.165, 1.54) is 5.56 Å². The summed E-state index contributed by atoms with van der Waals surface area (Å²) < 4.78 is 0. The predicted octanol–water partition coefficient (Wildman–Crippen LogP) is 3.76. The summed E-state index contributed by atoms with van der Waals surface area (Å²) in [5, 5.41) is 10.0. The second-order valence-electron chi connectivity index (χ2n) is 8.01. The Balaban J connectivity index is 1.89. The first kappa shape index (κ1) is 18.2. The molecule has 1 saturated heterocycles. The van der Waals surface area contributed by atoms with Crippen molar-refractivity contribution in [3.63, 3.8) is 0 Å². The van der Waals surface area contributed by atoms with Crippen LogP contribution in [0.25, 0.3) is 0 Å². The number of nitrogens with zero attached hydrogens (tertiary/aromatic N) is 4. The molecule has 1 amide bonds. The van der Waals surface area contributed by atoms with Gasteiger partial charge in [0.05, 0.1) is 11.7 Å². The van der Waals surface area contributed by atoms with E-state index in [0.717, 1.165) is 56.6 Å². The minimum atomic E-state index is -0.859. The molecule has 25 heavy (non-hydrogen) atoms. The lowest BCUT2D eigenvalue weighted by molar-refractivity contribution is 0.0647. The summed E-state index contributed by atoms with van der Waals surface area (Å²) in [7, 11) is 0. The van der Waals surface area contributed by atoms with Gasteiger partial charge in [-0.1, -0.05) is 0 Å². The van der Waals surface area contributed by atoms with Crippen molar-refractivity contribution in [1.29, 1.82) is 0 Å². The van der Waals surface area contributed by atoms with Crippen LogP contribution in [0, 0.1) is 0 Å². The van der Waals surface area contributed by atoms with E-state index in [9.17, 15) is 9.90 Å². The Morgan fingerprint density at radius 1 is 1.24 bits per heavy atom. The van der Waals surface area contributed by atoms with Gasteiger partial charge in [0.1, 0.15) is 5.82 Å². The molecule has 0 radical (unpaired) electrons. The second kappa shape index (κ2) is 6.98. The molecular weight excluding hydrogens is 340 g/mol. The lowest BCUT2D eigenvalue weighted by Crippen LogP contribution is -2.57. The Labute approximate surface area is 154 Å². The molecule has 1 aliphatic heterocycles. The maximum absolute atomic E-state index is 11.8. The fourth-order valence-corrected chi connectivity index (χ4v) is 4.34. The van der Waals surface area contributed by atoms with E-state index in [-0.39, 0.29) is 6.04 Å². The van der Waals surface area contributed by atoms with Gasteiger partial charge in [0.15, 0.2) is 0 Å². The number of anilines is 1. The van der Waals surface area contributed by atoms with E-state index in [1.807, 2.05) is 20.8 Å². The van der Waals surface area contributed by atoms with Gasteiger partial charge in [-0.15, -0.1) is 0 Å². The molecule has 1 N–H and O–H groups in total. The summed E-state index contributed by atoms with van der Waals surface area (Å²) in [5.41, 5.74) is 1.84. The zero-order chi connectivity index (χ0) is 18.2. The van der Waals surface area contributed by atoms with Crippen molar-refractivity contribution in [3.8, 4) is 0 Å². The van der Waals surface area contributed by atoms with Crippen LogP contribution >= 0.6 is 11.6 Å². The van der Waals surface area contributed by atoms with Crippen LogP contribution in [0.4, 0.5) is 10.6 Å². The Kier molecular flexibility index (Phi) is 5.09. The van der Waals surface area contributed by atoms with Gasteiger partial charge in [0, 0.05) is 24.2 Å². The third kappa shape index (κ3) is 3.84. The van der Waals surface area contributed by atoms with E-state index in [2.05, 4.69) is 14.9 Å². The number of hydrogen-bond donors (Lipinski definition) is 1. The van der Waals surface area contributed by atoms with Gasteiger partial charge < -0.3 is 10.0 Å². The van der Waals surface area contributed by atoms with Crippen LogP contribution < -0.4 is 4.90 Å². The first-order chi connectivity index (χ1) is 11.8. The molecule has 2 heterocycles. The predicted molar refractivity (Wildman–Crippen MR) is 98.5 cm³/mol. The summed E-state index contributed by atoms with van der Waals surface area (Å²) in [5.74, 6) is 0.915. The van der Waals surface area contributed by atoms with E-state index in [4.69, 9.17) is 11.6 Å². The van der Waals surface area contributed by atoms with Gasteiger partial charge in [-0.2, -0.15) is 0 Å². The van der Waals surface area contributed by atoms with E-state index < -0.39 is 11.6 Å². The average Bonchev–Trinajstić information content (AvgIpc) is 2.52. The van der Waals surface area contributed by atoms with Crippen molar-refractivity contribution in [2.45, 2.75) is 70.9 Å². The van der Waals surface area contributed by atoms with Gasteiger partial charge in [0.2, 0.25) is 5.28 Å². The zero-order valence-electron chi connectivity index (χ0n) is 15.3. The Bertz CT molecular complexity index is 659. The van der Waals surface area contributed by atoms with Crippen LogP contribution in [0.5, 0.6) is 0 Å². The number of amides is 1. The highest BCUT2D eigenvalue weighted by Gasteiger charge is 2.36. The van der Waals surface area contributed by atoms with Crippen LogP contribution in [-0.2, 0) is 12.8 Å². The normalized spacial score (nSPS) is 21.0. The summed E-state index contributed by atoms with van der Waals surface area (Å²) >= 11 is 6.17. The van der Waals surface area contributed by atoms with Crippen molar-refractivity contribution in [1.82, 2.24) is 14.9 Å². The molecule has 1 aromatic rings.